The monoisotopic (exact) mass is 415 g/mol. The van der Waals surface area contributed by atoms with Gasteiger partial charge in [0.2, 0.25) is 5.91 Å². The van der Waals surface area contributed by atoms with Crippen LogP contribution in [0, 0.1) is 11.8 Å². The van der Waals surface area contributed by atoms with Crippen molar-refractivity contribution < 1.29 is 34.2 Å². The molecule has 2 atom stereocenters. The summed E-state index contributed by atoms with van der Waals surface area (Å²) in [6.07, 6.45) is 6.87. The molecule has 29 heavy (non-hydrogen) atoms. The minimum Gasteiger partial charge on any atom is -0.481 e. The van der Waals surface area contributed by atoms with Crippen molar-refractivity contribution in [2.45, 2.75) is 52.9 Å². The van der Waals surface area contributed by atoms with Crippen LogP contribution in [0.25, 0.3) is 0 Å². The molecule has 0 aliphatic carbocycles. The van der Waals surface area contributed by atoms with Gasteiger partial charge >= 0.3 is 11.9 Å². The first-order chi connectivity index (χ1) is 13.7. The summed E-state index contributed by atoms with van der Waals surface area (Å²) in [4.78, 5) is 34.4. The highest BCUT2D eigenvalue weighted by atomic mass is 16.4. The van der Waals surface area contributed by atoms with Gasteiger partial charge in [0, 0.05) is 19.3 Å². The molecule has 8 nitrogen and oxygen atoms in total. The summed E-state index contributed by atoms with van der Waals surface area (Å²) < 4.78 is 0.391. The first-order valence-corrected chi connectivity index (χ1v) is 10.5. The molecule has 0 saturated heterocycles. The van der Waals surface area contributed by atoms with Gasteiger partial charge in [0.15, 0.2) is 0 Å². The summed E-state index contributed by atoms with van der Waals surface area (Å²) in [5, 5.41) is 30.8. The second-order valence-electron chi connectivity index (χ2n) is 7.78. The second kappa shape index (κ2) is 15.0. The average Bonchev–Trinajstić information content (AvgIpc) is 2.67. The van der Waals surface area contributed by atoms with Gasteiger partial charge in [-0.15, -0.1) is 0 Å². The Bertz CT molecular complexity index is 511. The molecule has 0 aromatic carbocycles. The lowest BCUT2D eigenvalue weighted by Gasteiger charge is -2.39. The third-order valence-corrected chi connectivity index (χ3v) is 5.34. The highest BCUT2D eigenvalue weighted by Gasteiger charge is 2.30. The fourth-order valence-electron chi connectivity index (χ4n) is 3.08. The van der Waals surface area contributed by atoms with Gasteiger partial charge in [0.25, 0.3) is 0 Å². The number of rotatable bonds is 17. The summed E-state index contributed by atoms with van der Waals surface area (Å²) in [6.45, 7) is 7.57. The Balaban J connectivity index is 4.95. The van der Waals surface area contributed by atoms with Crippen molar-refractivity contribution in [2.24, 2.45) is 11.8 Å². The van der Waals surface area contributed by atoms with Gasteiger partial charge in [-0.2, -0.15) is 0 Å². The molecule has 0 rings (SSSR count). The van der Waals surface area contributed by atoms with Crippen LogP contribution in [-0.2, 0) is 14.4 Å². The molecule has 0 aromatic rings. The summed E-state index contributed by atoms with van der Waals surface area (Å²) in [5.74, 6) is -2.85. The molecule has 0 bridgehead atoms. The lowest BCUT2D eigenvalue weighted by molar-refractivity contribution is -0.928. The number of nitrogens with one attached hydrogen (secondary N) is 1. The number of aliphatic hydroxyl groups is 1. The van der Waals surface area contributed by atoms with Crippen LogP contribution < -0.4 is 5.32 Å². The number of carboxylic acids is 2. The Labute approximate surface area is 174 Å². The number of aliphatic carboxylic acids is 2. The minimum atomic E-state index is -0.876. The second-order valence-corrected chi connectivity index (χ2v) is 7.78. The molecule has 1 amide bonds. The normalized spacial score (nSPS) is 15.6. The maximum absolute atomic E-state index is 12.0. The molecule has 0 spiro atoms. The van der Waals surface area contributed by atoms with E-state index in [1.54, 1.807) is 13.8 Å². The van der Waals surface area contributed by atoms with Gasteiger partial charge in [-0.25, -0.2) is 0 Å². The molecule has 0 aliphatic heterocycles. The largest absolute Gasteiger partial charge is 0.481 e. The average molecular weight is 416 g/mol. The first-order valence-electron chi connectivity index (χ1n) is 10.5. The molecule has 0 radical (unpaired) electrons. The van der Waals surface area contributed by atoms with E-state index >= 15 is 0 Å². The van der Waals surface area contributed by atoms with E-state index in [0.717, 1.165) is 6.42 Å². The zero-order valence-corrected chi connectivity index (χ0v) is 18.1. The van der Waals surface area contributed by atoms with Gasteiger partial charge in [-0.1, -0.05) is 32.9 Å². The van der Waals surface area contributed by atoms with E-state index < -0.39 is 23.8 Å². The van der Waals surface area contributed by atoms with Crippen molar-refractivity contribution in [2.75, 3.05) is 39.3 Å². The highest BCUT2D eigenvalue weighted by molar-refractivity contribution is 5.75. The number of hydrogen-bond acceptors (Lipinski definition) is 4. The van der Waals surface area contributed by atoms with E-state index in [1.165, 1.54) is 0 Å². The van der Waals surface area contributed by atoms with E-state index in [2.05, 4.69) is 5.32 Å². The van der Waals surface area contributed by atoms with Gasteiger partial charge in [0.05, 0.1) is 44.6 Å². The van der Waals surface area contributed by atoms with Crippen molar-refractivity contribution in [3.8, 4) is 0 Å². The Hall–Kier alpha value is -1.93. The number of aliphatic hydroxyl groups excluding tert-OH is 1. The Morgan fingerprint density at radius 1 is 0.931 bits per heavy atom. The number of carbonyl (C=O) groups is 3. The first kappa shape index (κ1) is 27.1. The number of carboxylic acid groups (broad SMARTS) is 2. The molecule has 0 aromatic heterocycles. The molecule has 2 unspecified atom stereocenters. The number of nitrogens with zero attached hydrogens (tertiary/aromatic N) is 1. The molecule has 0 fully saturated rings. The van der Waals surface area contributed by atoms with Crippen molar-refractivity contribution >= 4 is 17.8 Å². The molecule has 0 saturated carbocycles. The Kier molecular flexibility index (Phi) is 14.0. The zero-order chi connectivity index (χ0) is 22.3. The summed E-state index contributed by atoms with van der Waals surface area (Å²) in [6, 6.07) is 0. The summed E-state index contributed by atoms with van der Waals surface area (Å²) in [7, 11) is 0. The highest BCUT2D eigenvalue weighted by Crippen LogP contribution is 2.16. The predicted octanol–water partition coefficient (Wildman–Crippen LogP) is 1.88. The molecule has 4 N–H and O–H groups in total. The van der Waals surface area contributed by atoms with E-state index in [-0.39, 0.29) is 12.5 Å². The van der Waals surface area contributed by atoms with Crippen LogP contribution in [0.4, 0.5) is 0 Å². The molecule has 0 aliphatic rings. The fourth-order valence-corrected chi connectivity index (χ4v) is 3.08. The lowest BCUT2D eigenvalue weighted by Crippen LogP contribution is -2.55. The number of hydrogen-bond donors (Lipinski definition) is 4. The number of carbonyl (C=O) groups excluding carboxylic acids is 1. The van der Waals surface area contributed by atoms with Crippen molar-refractivity contribution in [3.63, 3.8) is 0 Å². The Morgan fingerprint density at radius 3 is 1.93 bits per heavy atom. The quantitative estimate of drug-likeness (QED) is 0.212. The minimum absolute atomic E-state index is 0.0503. The number of quaternary nitrogens is 1. The zero-order valence-electron chi connectivity index (χ0n) is 18.1. The van der Waals surface area contributed by atoms with Gasteiger partial charge in [-0.05, 0) is 12.8 Å². The number of amides is 1. The third kappa shape index (κ3) is 12.3. The molecule has 8 heteroatoms. The third-order valence-electron chi connectivity index (χ3n) is 5.34. The van der Waals surface area contributed by atoms with Crippen LogP contribution in [-0.4, -0.2) is 77.0 Å². The fraction of sp³-hybridized carbons (Fsp3) is 0.762. The van der Waals surface area contributed by atoms with E-state index in [9.17, 15) is 29.7 Å². The smallest absolute Gasteiger partial charge is 0.306 e. The summed E-state index contributed by atoms with van der Waals surface area (Å²) >= 11 is 0. The lowest BCUT2D eigenvalue weighted by atomic mass is 10.0. The standard InChI is InChI=1S/C21H38N2O6/c1-4-5-6-7-8-19(25)22-11-14-23(15-16-24,12-9-17(2)20(26)27)13-10-18(3)21(28)29/h5-6,17-18,24H,4,7-16H2,1-3H3,(H2-,22,25,26,27,28,29)/p+1/b6-5+. The maximum atomic E-state index is 12.0. The molecular formula is C21H39N2O6+. The summed E-state index contributed by atoms with van der Waals surface area (Å²) in [5.41, 5.74) is 0. The van der Waals surface area contributed by atoms with E-state index in [0.29, 0.717) is 62.9 Å². The molecule has 0 heterocycles. The van der Waals surface area contributed by atoms with E-state index in [1.807, 2.05) is 19.1 Å². The molecular weight excluding hydrogens is 376 g/mol. The Morgan fingerprint density at radius 2 is 1.48 bits per heavy atom. The topological polar surface area (TPSA) is 124 Å². The SMILES string of the molecule is CC/C=C/CCC(=O)NCC[N+](CCO)(CCC(C)C(=O)O)CCC(C)C(=O)O. The number of allylic oxidation sites excluding steroid dienone is 2. The van der Waals surface area contributed by atoms with Crippen LogP contribution in [0.3, 0.4) is 0 Å². The van der Waals surface area contributed by atoms with Crippen LogP contribution in [0.15, 0.2) is 12.2 Å². The molecule has 168 valence electrons. The van der Waals surface area contributed by atoms with Gasteiger partial charge in [-0.3, -0.25) is 14.4 Å². The van der Waals surface area contributed by atoms with Crippen LogP contribution in [0.2, 0.25) is 0 Å². The van der Waals surface area contributed by atoms with Gasteiger partial charge in [0.1, 0.15) is 6.54 Å². The van der Waals surface area contributed by atoms with Gasteiger partial charge < -0.3 is 25.1 Å². The maximum Gasteiger partial charge on any atom is 0.306 e. The van der Waals surface area contributed by atoms with Crippen molar-refractivity contribution in [1.29, 1.82) is 0 Å². The predicted molar refractivity (Wildman–Crippen MR) is 111 cm³/mol. The van der Waals surface area contributed by atoms with Crippen LogP contribution in [0.1, 0.15) is 52.9 Å². The van der Waals surface area contributed by atoms with Crippen molar-refractivity contribution in [3.05, 3.63) is 12.2 Å². The van der Waals surface area contributed by atoms with Crippen LogP contribution in [0.5, 0.6) is 0 Å². The van der Waals surface area contributed by atoms with Crippen molar-refractivity contribution in [1.82, 2.24) is 5.32 Å². The van der Waals surface area contributed by atoms with E-state index in [4.69, 9.17) is 0 Å². The van der Waals surface area contributed by atoms with Crippen LogP contribution >= 0.6 is 0 Å².